The Kier molecular flexibility index (Phi) is 6.01. The molecule has 0 saturated heterocycles. The van der Waals surface area contributed by atoms with Gasteiger partial charge in [0, 0.05) is 11.3 Å². The standard InChI is InChI=1S/C52H32N2/c1-2-17-40(18-3-1)54-50-24-11-10-23-49(50)53-51(54)38-16-12-15-33(27-38)36-25-26-37-30-44-43-29-34-13-4-5-14-35(34)31-47(43)52(48(44)32-39(37)28-36)45-21-8-6-19-41(45)42-20-7-9-22-46(42)52/h1-32H. The number of para-hydroxylation sites is 3. The molecule has 54 heavy (non-hydrogen) atoms. The summed E-state index contributed by atoms with van der Waals surface area (Å²) in [4.78, 5) is 5.16. The van der Waals surface area contributed by atoms with Crippen LogP contribution in [0.5, 0.6) is 0 Å². The van der Waals surface area contributed by atoms with Gasteiger partial charge in [0.25, 0.3) is 0 Å². The second-order valence-electron chi connectivity index (χ2n) is 14.7. The number of fused-ring (bicyclic) bond motifs is 13. The fraction of sp³-hybridized carbons (Fsp3) is 0.0192. The van der Waals surface area contributed by atoms with Crippen LogP contribution in [0.25, 0.3) is 83.0 Å². The number of aromatic nitrogens is 2. The largest absolute Gasteiger partial charge is 0.292 e. The number of benzene rings is 9. The van der Waals surface area contributed by atoms with Crippen LogP contribution in [-0.4, -0.2) is 9.55 Å². The first kappa shape index (κ1) is 29.5. The van der Waals surface area contributed by atoms with Crippen molar-refractivity contribution in [3.8, 4) is 50.5 Å². The van der Waals surface area contributed by atoms with E-state index in [1.54, 1.807) is 0 Å². The van der Waals surface area contributed by atoms with Crippen LogP contribution in [0, 0.1) is 0 Å². The molecule has 12 rings (SSSR count). The van der Waals surface area contributed by atoms with Crippen molar-refractivity contribution < 1.29 is 0 Å². The van der Waals surface area contributed by atoms with E-state index in [1.807, 2.05) is 0 Å². The number of hydrogen-bond acceptors (Lipinski definition) is 1. The lowest BCUT2D eigenvalue weighted by Crippen LogP contribution is -2.25. The summed E-state index contributed by atoms with van der Waals surface area (Å²) in [6.07, 6.45) is 0. The lowest BCUT2D eigenvalue weighted by molar-refractivity contribution is 0.796. The van der Waals surface area contributed by atoms with Crippen molar-refractivity contribution in [2.45, 2.75) is 5.41 Å². The van der Waals surface area contributed by atoms with E-state index < -0.39 is 5.41 Å². The molecule has 0 bridgehead atoms. The lowest BCUT2D eigenvalue weighted by Gasteiger charge is -2.30. The zero-order valence-corrected chi connectivity index (χ0v) is 29.4. The van der Waals surface area contributed by atoms with Gasteiger partial charge in [0.1, 0.15) is 5.82 Å². The Hall–Kier alpha value is -7.03. The fourth-order valence-corrected chi connectivity index (χ4v) is 9.64. The molecule has 250 valence electrons. The lowest BCUT2D eigenvalue weighted by atomic mass is 9.70. The van der Waals surface area contributed by atoms with Crippen molar-refractivity contribution in [3.63, 3.8) is 0 Å². The van der Waals surface area contributed by atoms with Gasteiger partial charge in [-0.3, -0.25) is 4.57 Å². The molecule has 1 spiro atoms. The second kappa shape index (κ2) is 11.0. The van der Waals surface area contributed by atoms with Gasteiger partial charge >= 0.3 is 0 Å². The molecule has 10 aromatic rings. The minimum atomic E-state index is -0.400. The molecular formula is C52H32N2. The van der Waals surface area contributed by atoms with Crippen LogP contribution in [0.15, 0.2) is 194 Å². The van der Waals surface area contributed by atoms with Gasteiger partial charge in [-0.1, -0.05) is 133 Å². The third-order valence-corrected chi connectivity index (χ3v) is 11.9. The van der Waals surface area contributed by atoms with Crippen LogP contribution < -0.4 is 0 Å². The van der Waals surface area contributed by atoms with Gasteiger partial charge in [0.15, 0.2) is 0 Å². The summed E-state index contributed by atoms with van der Waals surface area (Å²) in [7, 11) is 0. The van der Waals surface area contributed by atoms with Gasteiger partial charge in [0.2, 0.25) is 0 Å². The number of imidazole rings is 1. The molecule has 0 N–H and O–H groups in total. The van der Waals surface area contributed by atoms with Gasteiger partial charge in [-0.05, 0) is 138 Å². The molecule has 2 aliphatic rings. The van der Waals surface area contributed by atoms with Gasteiger partial charge in [-0.2, -0.15) is 0 Å². The molecule has 2 heteroatoms. The molecule has 2 aliphatic carbocycles. The number of nitrogens with zero attached hydrogens (tertiary/aromatic N) is 2. The van der Waals surface area contributed by atoms with Crippen LogP contribution in [0.2, 0.25) is 0 Å². The number of rotatable bonds is 3. The summed E-state index contributed by atoms with van der Waals surface area (Å²) in [5, 5.41) is 5.04. The topological polar surface area (TPSA) is 17.8 Å². The highest BCUT2D eigenvalue weighted by atomic mass is 15.1. The zero-order valence-electron chi connectivity index (χ0n) is 29.4. The summed E-state index contributed by atoms with van der Waals surface area (Å²) >= 11 is 0. The summed E-state index contributed by atoms with van der Waals surface area (Å²) < 4.78 is 2.27. The molecule has 0 atom stereocenters. The Morgan fingerprint density at radius 2 is 0.926 bits per heavy atom. The molecule has 0 unspecified atom stereocenters. The predicted octanol–water partition coefficient (Wildman–Crippen LogP) is 13.0. The first-order valence-electron chi connectivity index (χ1n) is 18.7. The normalized spacial score (nSPS) is 13.3. The average molecular weight is 685 g/mol. The van der Waals surface area contributed by atoms with Crippen molar-refractivity contribution in [1.82, 2.24) is 9.55 Å². The quantitative estimate of drug-likeness (QED) is 0.181. The molecule has 9 aromatic carbocycles. The SMILES string of the molecule is c1ccc(-n2c(-c3cccc(-c4ccc5cc6c(cc5c4)C4(c5ccccc5-c5ccccc54)c4cc5ccccc5cc4-6)c3)nc3ccccc32)cc1. The van der Waals surface area contributed by atoms with E-state index in [1.165, 1.54) is 77.2 Å². The second-order valence-corrected chi connectivity index (χ2v) is 14.7. The Morgan fingerprint density at radius 3 is 1.69 bits per heavy atom. The third-order valence-electron chi connectivity index (χ3n) is 11.9. The molecule has 0 aliphatic heterocycles. The van der Waals surface area contributed by atoms with Crippen LogP contribution in [-0.2, 0) is 5.41 Å². The van der Waals surface area contributed by atoms with E-state index in [4.69, 9.17) is 4.98 Å². The van der Waals surface area contributed by atoms with Gasteiger partial charge < -0.3 is 0 Å². The van der Waals surface area contributed by atoms with Crippen molar-refractivity contribution in [1.29, 1.82) is 0 Å². The summed E-state index contributed by atoms with van der Waals surface area (Å²) in [6, 6.07) is 71.5. The van der Waals surface area contributed by atoms with Crippen molar-refractivity contribution >= 4 is 32.6 Å². The van der Waals surface area contributed by atoms with Crippen molar-refractivity contribution in [2.75, 3.05) is 0 Å². The fourth-order valence-electron chi connectivity index (χ4n) is 9.64. The zero-order chi connectivity index (χ0) is 35.4. The highest BCUT2D eigenvalue weighted by Gasteiger charge is 2.51. The molecular weight excluding hydrogens is 653 g/mol. The summed E-state index contributed by atoms with van der Waals surface area (Å²) in [5.41, 5.74) is 17.0. The Balaban J connectivity index is 1.07. The van der Waals surface area contributed by atoms with Gasteiger partial charge in [0.05, 0.1) is 16.4 Å². The van der Waals surface area contributed by atoms with E-state index in [9.17, 15) is 0 Å². The van der Waals surface area contributed by atoms with Crippen LogP contribution in [0.3, 0.4) is 0 Å². The molecule has 2 nitrogen and oxygen atoms in total. The van der Waals surface area contributed by atoms with Gasteiger partial charge in [-0.15, -0.1) is 0 Å². The summed E-state index contributed by atoms with van der Waals surface area (Å²) in [6.45, 7) is 0. The number of hydrogen-bond donors (Lipinski definition) is 0. The summed E-state index contributed by atoms with van der Waals surface area (Å²) in [5.74, 6) is 0.938. The van der Waals surface area contributed by atoms with E-state index >= 15 is 0 Å². The maximum Gasteiger partial charge on any atom is 0.145 e. The Bertz CT molecular complexity index is 3120. The molecule has 0 radical (unpaired) electrons. The van der Waals surface area contributed by atoms with E-state index in [0.717, 1.165) is 28.1 Å². The smallest absolute Gasteiger partial charge is 0.145 e. The minimum Gasteiger partial charge on any atom is -0.292 e. The van der Waals surface area contributed by atoms with E-state index in [2.05, 4.69) is 199 Å². The first-order valence-corrected chi connectivity index (χ1v) is 18.7. The van der Waals surface area contributed by atoms with Crippen molar-refractivity contribution in [2.24, 2.45) is 0 Å². The van der Waals surface area contributed by atoms with Crippen LogP contribution in [0.4, 0.5) is 0 Å². The first-order chi connectivity index (χ1) is 26.8. The molecule has 1 heterocycles. The monoisotopic (exact) mass is 684 g/mol. The Labute approximate surface area is 313 Å². The molecule has 1 aromatic heterocycles. The maximum atomic E-state index is 5.16. The Morgan fingerprint density at radius 1 is 0.352 bits per heavy atom. The highest BCUT2D eigenvalue weighted by Crippen LogP contribution is 2.63. The maximum absolute atomic E-state index is 5.16. The predicted molar refractivity (Wildman–Crippen MR) is 223 cm³/mol. The molecule has 0 amide bonds. The van der Waals surface area contributed by atoms with E-state index in [0.29, 0.717) is 0 Å². The average Bonchev–Trinajstić information content (AvgIpc) is 3.86. The minimum absolute atomic E-state index is 0.400. The van der Waals surface area contributed by atoms with Crippen LogP contribution >= 0.6 is 0 Å². The molecule has 0 saturated carbocycles. The van der Waals surface area contributed by atoms with Crippen LogP contribution in [0.1, 0.15) is 22.3 Å². The van der Waals surface area contributed by atoms with Gasteiger partial charge in [-0.25, -0.2) is 4.98 Å². The molecule has 0 fully saturated rings. The van der Waals surface area contributed by atoms with Crippen molar-refractivity contribution in [3.05, 3.63) is 216 Å². The third kappa shape index (κ3) is 3.97. The van der Waals surface area contributed by atoms with E-state index in [-0.39, 0.29) is 0 Å². The highest BCUT2D eigenvalue weighted by molar-refractivity contribution is 6.04.